The van der Waals surface area contributed by atoms with Gasteiger partial charge in [-0.15, -0.1) is 0 Å². The number of nitrogens with one attached hydrogen (secondary N) is 2. The zero-order chi connectivity index (χ0) is 21.4. The Labute approximate surface area is 170 Å². The molecule has 1 amide bonds. The van der Waals surface area contributed by atoms with E-state index < -0.39 is 21.8 Å². The number of hydrogen-bond acceptors (Lipinski definition) is 4. The van der Waals surface area contributed by atoms with Crippen molar-refractivity contribution in [3.8, 4) is 5.75 Å². The minimum Gasteiger partial charge on any atom is -0.492 e. The topological polar surface area (TPSA) is 84.5 Å². The van der Waals surface area contributed by atoms with Gasteiger partial charge in [-0.1, -0.05) is 32.9 Å². The highest BCUT2D eigenvalue weighted by molar-refractivity contribution is 7.92. The largest absolute Gasteiger partial charge is 0.492 e. The molecule has 8 heteroatoms. The summed E-state index contributed by atoms with van der Waals surface area (Å²) in [6.45, 7) is 6.62. The summed E-state index contributed by atoms with van der Waals surface area (Å²) in [5, 5.41) is 2.67. The molecule has 2 aromatic carbocycles. The van der Waals surface area contributed by atoms with Gasteiger partial charge in [0.1, 0.15) is 18.2 Å². The first-order chi connectivity index (χ1) is 13.4. The van der Waals surface area contributed by atoms with Crippen molar-refractivity contribution in [2.45, 2.75) is 32.6 Å². The molecule has 2 N–H and O–H groups in total. The van der Waals surface area contributed by atoms with Crippen LogP contribution >= 0.6 is 0 Å². The van der Waals surface area contributed by atoms with E-state index in [1.54, 1.807) is 0 Å². The van der Waals surface area contributed by atoms with Gasteiger partial charge < -0.3 is 10.1 Å². The third kappa shape index (κ3) is 5.26. The van der Waals surface area contributed by atoms with E-state index in [0.717, 1.165) is 29.2 Å². The van der Waals surface area contributed by atoms with Gasteiger partial charge in [-0.05, 0) is 47.2 Å². The highest BCUT2D eigenvalue weighted by atomic mass is 32.2. The molecular formula is C21H25FN2O4S. The summed E-state index contributed by atoms with van der Waals surface area (Å²) in [6.07, 6.45) is 1.47. The molecule has 29 heavy (non-hydrogen) atoms. The van der Waals surface area contributed by atoms with Gasteiger partial charge in [0.15, 0.2) is 0 Å². The van der Waals surface area contributed by atoms with Crippen molar-refractivity contribution in [3.05, 3.63) is 53.3 Å². The lowest BCUT2D eigenvalue weighted by Gasteiger charge is -2.27. The maximum Gasteiger partial charge on any atom is 0.231 e. The van der Waals surface area contributed by atoms with Crippen LogP contribution in [0.3, 0.4) is 0 Å². The van der Waals surface area contributed by atoms with Crippen LogP contribution in [0, 0.1) is 11.7 Å². The molecule has 1 heterocycles. The molecule has 1 unspecified atom stereocenters. The van der Waals surface area contributed by atoms with Crippen molar-refractivity contribution in [2.75, 3.05) is 22.9 Å². The lowest BCUT2D eigenvalue weighted by atomic mass is 9.85. The fraction of sp³-hybridized carbons (Fsp3) is 0.381. The molecule has 1 atom stereocenters. The maximum atomic E-state index is 14.1. The molecule has 156 valence electrons. The summed E-state index contributed by atoms with van der Waals surface area (Å²) in [5.74, 6) is -0.657. The first-order valence-corrected chi connectivity index (χ1v) is 11.2. The zero-order valence-electron chi connectivity index (χ0n) is 16.9. The number of anilines is 2. The van der Waals surface area contributed by atoms with Gasteiger partial charge in [0.25, 0.3) is 0 Å². The molecule has 0 spiro atoms. The quantitative estimate of drug-likeness (QED) is 0.790. The molecule has 0 aromatic heterocycles. The van der Waals surface area contributed by atoms with E-state index in [4.69, 9.17) is 4.74 Å². The third-order valence-electron chi connectivity index (χ3n) is 4.74. The Kier molecular flexibility index (Phi) is 5.58. The SMILES string of the molecule is CC(C)(C)c1ccc2c(c1)OCC(C(=O)Nc1ccc(NS(C)(=O)=O)c(F)c1)C2. The number of ether oxygens (including phenoxy) is 1. The Bertz CT molecular complexity index is 1050. The van der Waals surface area contributed by atoms with E-state index in [1.807, 2.05) is 18.2 Å². The summed E-state index contributed by atoms with van der Waals surface area (Å²) < 4.78 is 44.5. The molecule has 0 aliphatic carbocycles. The normalized spacial score (nSPS) is 16.5. The van der Waals surface area contributed by atoms with E-state index in [-0.39, 0.29) is 29.3 Å². The number of benzene rings is 2. The van der Waals surface area contributed by atoms with Crippen molar-refractivity contribution in [1.82, 2.24) is 0 Å². The molecule has 0 saturated carbocycles. The van der Waals surface area contributed by atoms with Gasteiger partial charge >= 0.3 is 0 Å². The second kappa shape index (κ2) is 7.67. The fourth-order valence-electron chi connectivity index (χ4n) is 3.13. The van der Waals surface area contributed by atoms with Gasteiger partial charge in [0.2, 0.25) is 15.9 Å². The molecule has 0 bridgehead atoms. The molecule has 6 nitrogen and oxygen atoms in total. The van der Waals surface area contributed by atoms with Crippen LogP contribution in [0.5, 0.6) is 5.75 Å². The second-order valence-corrected chi connectivity index (χ2v) is 10.1. The lowest BCUT2D eigenvalue weighted by molar-refractivity contribution is -0.121. The molecule has 0 fully saturated rings. The summed E-state index contributed by atoms with van der Waals surface area (Å²) in [6, 6.07) is 9.85. The first kappa shape index (κ1) is 21.1. The summed E-state index contributed by atoms with van der Waals surface area (Å²) in [4.78, 5) is 12.6. The average Bonchev–Trinajstić information content (AvgIpc) is 2.61. The van der Waals surface area contributed by atoms with Gasteiger partial charge in [-0.3, -0.25) is 9.52 Å². The molecule has 1 aliphatic heterocycles. The monoisotopic (exact) mass is 420 g/mol. The first-order valence-electron chi connectivity index (χ1n) is 9.27. The third-order valence-corrected chi connectivity index (χ3v) is 5.33. The van der Waals surface area contributed by atoms with Crippen LogP contribution in [-0.4, -0.2) is 27.2 Å². The Morgan fingerprint density at radius 3 is 2.52 bits per heavy atom. The van der Waals surface area contributed by atoms with Gasteiger partial charge in [-0.2, -0.15) is 0 Å². The van der Waals surface area contributed by atoms with Crippen LogP contribution in [0.15, 0.2) is 36.4 Å². The molecule has 1 aliphatic rings. The van der Waals surface area contributed by atoms with Crippen LogP contribution in [0.1, 0.15) is 31.9 Å². The van der Waals surface area contributed by atoms with Gasteiger partial charge in [0, 0.05) is 5.69 Å². The number of rotatable bonds is 4. The Morgan fingerprint density at radius 2 is 1.90 bits per heavy atom. The van der Waals surface area contributed by atoms with Crippen molar-refractivity contribution < 1.29 is 22.3 Å². The van der Waals surface area contributed by atoms with Crippen molar-refractivity contribution in [2.24, 2.45) is 5.92 Å². The minimum atomic E-state index is -3.59. The smallest absolute Gasteiger partial charge is 0.231 e. The number of hydrogen-bond donors (Lipinski definition) is 2. The molecule has 2 aromatic rings. The van der Waals surface area contributed by atoms with Gasteiger partial charge in [0.05, 0.1) is 17.9 Å². The molecule has 0 radical (unpaired) electrons. The Morgan fingerprint density at radius 1 is 1.17 bits per heavy atom. The lowest BCUT2D eigenvalue weighted by Crippen LogP contribution is -2.32. The number of carbonyl (C=O) groups excluding carboxylic acids is 1. The molecule has 0 saturated heterocycles. The number of fused-ring (bicyclic) bond motifs is 1. The van der Waals surface area contributed by atoms with Gasteiger partial charge in [-0.25, -0.2) is 12.8 Å². The highest BCUT2D eigenvalue weighted by Gasteiger charge is 2.27. The standard InChI is InChI=1S/C21H25FN2O4S/c1-21(2,3)15-6-5-13-9-14(12-28-19(13)10-15)20(25)23-16-7-8-18(17(22)11-16)24-29(4,26)27/h5-8,10-11,14,24H,9,12H2,1-4H3,(H,23,25). The Hall–Kier alpha value is -2.61. The predicted octanol–water partition coefficient (Wildman–Crippen LogP) is 3.68. The predicted molar refractivity (Wildman–Crippen MR) is 111 cm³/mol. The molecule has 3 rings (SSSR count). The number of halogens is 1. The van der Waals surface area contributed by atoms with Crippen molar-refractivity contribution >= 4 is 27.3 Å². The van der Waals surface area contributed by atoms with Crippen LogP contribution in [-0.2, 0) is 26.7 Å². The van der Waals surface area contributed by atoms with Crippen LogP contribution in [0.2, 0.25) is 0 Å². The van der Waals surface area contributed by atoms with E-state index in [0.29, 0.717) is 6.42 Å². The zero-order valence-corrected chi connectivity index (χ0v) is 17.7. The maximum absolute atomic E-state index is 14.1. The van der Waals surface area contributed by atoms with Crippen LogP contribution < -0.4 is 14.8 Å². The summed E-state index contributed by atoms with van der Waals surface area (Å²) in [5.41, 5.74) is 2.21. The van der Waals surface area contributed by atoms with Crippen LogP contribution in [0.25, 0.3) is 0 Å². The number of amides is 1. The summed E-state index contributed by atoms with van der Waals surface area (Å²) >= 11 is 0. The molecular weight excluding hydrogens is 395 g/mol. The average molecular weight is 421 g/mol. The van der Waals surface area contributed by atoms with Crippen molar-refractivity contribution in [3.63, 3.8) is 0 Å². The Balaban J connectivity index is 1.69. The number of sulfonamides is 1. The van der Waals surface area contributed by atoms with E-state index in [1.165, 1.54) is 12.1 Å². The highest BCUT2D eigenvalue weighted by Crippen LogP contribution is 2.33. The van der Waals surface area contributed by atoms with E-state index in [2.05, 4.69) is 30.8 Å². The second-order valence-electron chi connectivity index (χ2n) is 8.34. The summed E-state index contributed by atoms with van der Waals surface area (Å²) in [7, 11) is -3.59. The van der Waals surface area contributed by atoms with E-state index >= 15 is 0 Å². The van der Waals surface area contributed by atoms with Crippen molar-refractivity contribution in [1.29, 1.82) is 0 Å². The van der Waals surface area contributed by atoms with E-state index in [9.17, 15) is 17.6 Å². The number of carbonyl (C=O) groups is 1. The minimum absolute atomic E-state index is 0.00874. The fourth-order valence-corrected chi connectivity index (χ4v) is 3.69. The van der Waals surface area contributed by atoms with Crippen LogP contribution in [0.4, 0.5) is 15.8 Å².